The van der Waals surface area contributed by atoms with Crippen molar-refractivity contribution >= 4 is 32.7 Å². The zero-order chi connectivity index (χ0) is 19.0. The van der Waals surface area contributed by atoms with Crippen molar-refractivity contribution in [3.63, 3.8) is 0 Å². The molecular weight excluding hydrogens is 396 g/mol. The summed E-state index contributed by atoms with van der Waals surface area (Å²) in [7, 11) is 0. The van der Waals surface area contributed by atoms with Crippen LogP contribution in [0.3, 0.4) is 0 Å². The van der Waals surface area contributed by atoms with Gasteiger partial charge in [0.1, 0.15) is 0 Å². The van der Waals surface area contributed by atoms with E-state index in [0.29, 0.717) is 11.1 Å². The van der Waals surface area contributed by atoms with Crippen molar-refractivity contribution in [1.82, 2.24) is 20.1 Å². The molecule has 2 N–H and O–H groups in total. The standard InChI is InChI=1S/C19H21BrN4O2/c1-10(2)24-9-16-14(6-13(20)7-17(16)23-24)18(25)21-8-15-11(3)5-12(4)22-19(15)26/h5-7,9-10H,8H2,1-4H3,(H,21,25)(H,22,26). The van der Waals surface area contributed by atoms with E-state index in [1.807, 2.05) is 50.7 Å². The van der Waals surface area contributed by atoms with E-state index in [-0.39, 0.29) is 24.1 Å². The molecule has 3 rings (SSSR count). The van der Waals surface area contributed by atoms with Crippen LogP contribution in [0.5, 0.6) is 0 Å². The third-order valence-electron chi connectivity index (χ3n) is 4.30. The molecule has 0 saturated carbocycles. The third kappa shape index (κ3) is 3.58. The van der Waals surface area contributed by atoms with E-state index < -0.39 is 0 Å². The maximum atomic E-state index is 12.8. The molecule has 2 aromatic heterocycles. The minimum Gasteiger partial charge on any atom is -0.348 e. The first-order valence-corrected chi connectivity index (χ1v) is 9.21. The zero-order valence-corrected chi connectivity index (χ0v) is 16.8. The molecule has 6 nitrogen and oxygen atoms in total. The second-order valence-electron chi connectivity index (χ2n) is 6.71. The highest BCUT2D eigenvalue weighted by atomic mass is 79.9. The van der Waals surface area contributed by atoms with Gasteiger partial charge in [0.05, 0.1) is 11.1 Å². The fourth-order valence-electron chi connectivity index (χ4n) is 2.93. The van der Waals surface area contributed by atoms with Gasteiger partial charge in [-0.1, -0.05) is 15.9 Å². The second kappa shape index (κ2) is 7.07. The number of fused-ring (bicyclic) bond motifs is 1. The SMILES string of the molecule is Cc1cc(C)c(CNC(=O)c2cc(Br)cc3nn(C(C)C)cc23)c(=O)[nH]1. The van der Waals surface area contributed by atoms with E-state index >= 15 is 0 Å². The van der Waals surface area contributed by atoms with Crippen molar-refractivity contribution in [2.45, 2.75) is 40.3 Å². The van der Waals surface area contributed by atoms with E-state index in [0.717, 1.165) is 26.6 Å². The van der Waals surface area contributed by atoms with Gasteiger partial charge in [-0.3, -0.25) is 14.3 Å². The van der Waals surface area contributed by atoms with Crippen molar-refractivity contribution in [3.8, 4) is 0 Å². The summed E-state index contributed by atoms with van der Waals surface area (Å²) in [5.41, 5.74) is 3.34. The number of pyridine rings is 1. The maximum Gasteiger partial charge on any atom is 0.253 e. The van der Waals surface area contributed by atoms with Crippen LogP contribution in [0.2, 0.25) is 0 Å². The molecule has 0 aliphatic heterocycles. The van der Waals surface area contributed by atoms with Crippen molar-refractivity contribution in [2.24, 2.45) is 0 Å². The molecule has 0 aliphatic rings. The molecule has 0 bridgehead atoms. The van der Waals surface area contributed by atoms with E-state index in [1.54, 1.807) is 6.07 Å². The number of hydrogen-bond donors (Lipinski definition) is 2. The maximum absolute atomic E-state index is 12.8. The van der Waals surface area contributed by atoms with Gasteiger partial charge < -0.3 is 10.3 Å². The number of amides is 1. The number of aromatic nitrogens is 3. The lowest BCUT2D eigenvalue weighted by molar-refractivity contribution is 0.0952. The van der Waals surface area contributed by atoms with Gasteiger partial charge in [0.15, 0.2) is 0 Å². The molecule has 3 aromatic rings. The molecule has 1 aromatic carbocycles. The lowest BCUT2D eigenvalue weighted by Crippen LogP contribution is -2.28. The Bertz CT molecular complexity index is 1050. The van der Waals surface area contributed by atoms with Crippen LogP contribution in [0.4, 0.5) is 0 Å². The second-order valence-corrected chi connectivity index (χ2v) is 7.63. The molecule has 26 heavy (non-hydrogen) atoms. The van der Waals surface area contributed by atoms with Crippen molar-refractivity contribution in [1.29, 1.82) is 0 Å². The highest BCUT2D eigenvalue weighted by Gasteiger charge is 2.16. The number of halogens is 1. The summed E-state index contributed by atoms with van der Waals surface area (Å²) in [6.07, 6.45) is 1.88. The summed E-state index contributed by atoms with van der Waals surface area (Å²) in [5, 5.41) is 8.17. The van der Waals surface area contributed by atoms with E-state index in [9.17, 15) is 9.59 Å². The normalized spacial score (nSPS) is 11.3. The minimum atomic E-state index is -0.237. The Kier molecular flexibility index (Phi) is 5.00. The average Bonchev–Trinajstić information content (AvgIpc) is 2.96. The van der Waals surface area contributed by atoms with Gasteiger partial charge in [-0.05, 0) is 51.5 Å². The number of carbonyl (C=O) groups is 1. The number of nitrogens with zero attached hydrogens (tertiary/aromatic N) is 2. The van der Waals surface area contributed by atoms with Crippen LogP contribution in [-0.4, -0.2) is 20.7 Å². The number of H-pyrrole nitrogens is 1. The van der Waals surface area contributed by atoms with Crippen LogP contribution in [0.15, 0.2) is 33.7 Å². The van der Waals surface area contributed by atoms with Gasteiger partial charge in [-0.25, -0.2) is 0 Å². The van der Waals surface area contributed by atoms with Gasteiger partial charge in [0.2, 0.25) is 0 Å². The predicted octanol–water partition coefficient (Wildman–Crippen LogP) is 3.61. The third-order valence-corrected chi connectivity index (χ3v) is 4.76. The minimum absolute atomic E-state index is 0.171. The summed E-state index contributed by atoms with van der Waals surface area (Å²) in [4.78, 5) is 27.7. The molecule has 2 heterocycles. The van der Waals surface area contributed by atoms with Crippen LogP contribution in [-0.2, 0) is 6.54 Å². The molecule has 0 atom stereocenters. The number of rotatable bonds is 4. The van der Waals surface area contributed by atoms with Gasteiger partial charge in [0.25, 0.3) is 11.5 Å². The lowest BCUT2D eigenvalue weighted by Gasteiger charge is -2.09. The summed E-state index contributed by atoms with van der Waals surface area (Å²) < 4.78 is 2.62. The van der Waals surface area contributed by atoms with Gasteiger partial charge in [0, 0.05) is 39.9 Å². The number of aromatic amines is 1. The fourth-order valence-corrected chi connectivity index (χ4v) is 3.37. The molecule has 0 radical (unpaired) electrons. The molecule has 0 aliphatic carbocycles. The highest BCUT2D eigenvalue weighted by molar-refractivity contribution is 9.10. The molecule has 0 saturated heterocycles. The number of nitrogens with one attached hydrogen (secondary N) is 2. The fraction of sp³-hybridized carbons (Fsp3) is 0.316. The highest BCUT2D eigenvalue weighted by Crippen LogP contribution is 2.25. The molecule has 0 spiro atoms. The Morgan fingerprint density at radius 2 is 2.04 bits per heavy atom. The average molecular weight is 417 g/mol. The first kappa shape index (κ1) is 18.4. The van der Waals surface area contributed by atoms with Gasteiger partial charge >= 0.3 is 0 Å². The zero-order valence-electron chi connectivity index (χ0n) is 15.2. The molecule has 7 heteroatoms. The first-order valence-electron chi connectivity index (χ1n) is 8.42. The van der Waals surface area contributed by atoms with Crippen LogP contribution < -0.4 is 10.9 Å². The summed E-state index contributed by atoms with van der Waals surface area (Å²) in [5.74, 6) is -0.237. The molecular formula is C19H21BrN4O2. The van der Waals surface area contributed by atoms with Crippen LogP contribution in [0, 0.1) is 13.8 Å². The first-order chi connectivity index (χ1) is 12.3. The molecule has 0 unspecified atom stereocenters. The number of aryl methyl sites for hydroxylation is 2. The van der Waals surface area contributed by atoms with E-state index in [2.05, 4.69) is 31.3 Å². The van der Waals surface area contributed by atoms with Crippen LogP contribution in [0.1, 0.15) is 47.1 Å². The predicted molar refractivity (Wildman–Crippen MR) is 106 cm³/mol. The number of hydrogen-bond acceptors (Lipinski definition) is 3. The number of carbonyl (C=O) groups excluding carboxylic acids is 1. The van der Waals surface area contributed by atoms with Crippen LogP contribution >= 0.6 is 15.9 Å². The Labute approximate surface area is 159 Å². The Balaban J connectivity index is 1.92. The van der Waals surface area contributed by atoms with E-state index in [4.69, 9.17) is 0 Å². The van der Waals surface area contributed by atoms with Crippen LogP contribution in [0.25, 0.3) is 10.9 Å². The summed E-state index contributed by atoms with van der Waals surface area (Å²) in [6.45, 7) is 7.95. The van der Waals surface area contributed by atoms with Gasteiger partial charge in [-0.2, -0.15) is 5.10 Å². The summed E-state index contributed by atoms with van der Waals surface area (Å²) >= 11 is 3.44. The van der Waals surface area contributed by atoms with Crippen molar-refractivity contribution in [2.75, 3.05) is 0 Å². The summed E-state index contributed by atoms with van der Waals surface area (Å²) in [6, 6.07) is 5.76. The monoisotopic (exact) mass is 416 g/mol. The van der Waals surface area contributed by atoms with Crippen molar-refractivity contribution in [3.05, 3.63) is 61.6 Å². The van der Waals surface area contributed by atoms with Crippen molar-refractivity contribution < 1.29 is 4.79 Å². The molecule has 136 valence electrons. The number of benzene rings is 1. The largest absolute Gasteiger partial charge is 0.348 e. The Hall–Kier alpha value is -2.41. The topological polar surface area (TPSA) is 79.8 Å². The Morgan fingerprint density at radius 1 is 1.31 bits per heavy atom. The quantitative estimate of drug-likeness (QED) is 0.681. The van der Waals surface area contributed by atoms with Gasteiger partial charge in [-0.15, -0.1) is 0 Å². The molecule has 1 amide bonds. The van der Waals surface area contributed by atoms with E-state index in [1.165, 1.54) is 0 Å². The smallest absolute Gasteiger partial charge is 0.253 e. The molecule has 0 fully saturated rings. The lowest BCUT2D eigenvalue weighted by atomic mass is 10.1. The Morgan fingerprint density at radius 3 is 2.69 bits per heavy atom.